The summed E-state index contributed by atoms with van der Waals surface area (Å²) >= 11 is 6.08. The molecule has 1 heterocycles. The van der Waals surface area contributed by atoms with Crippen LogP contribution in [0.15, 0.2) is 60.9 Å². The molecule has 0 saturated carbocycles. The van der Waals surface area contributed by atoms with Gasteiger partial charge in [0.05, 0.1) is 11.6 Å². The lowest BCUT2D eigenvalue weighted by molar-refractivity contribution is -0.118. The maximum Gasteiger partial charge on any atom is 0.245 e. The van der Waals surface area contributed by atoms with E-state index in [0.717, 1.165) is 33.0 Å². The molecular weight excluding hydrogens is 374 g/mol. The first-order valence-electron chi connectivity index (χ1n) is 8.69. The maximum absolute atomic E-state index is 11.6. The van der Waals surface area contributed by atoms with Crippen LogP contribution in [-0.4, -0.2) is 28.7 Å². The highest BCUT2D eigenvalue weighted by Crippen LogP contribution is 2.29. The number of halogens is 1. The van der Waals surface area contributed by atoms with Gasteiger partial charge < -0.3 is 10.6 Å². The number of nitrogens with zero attached hydrogens (tertiary/aromatic N) is 2. The summed E-state index contributed by atoms with van der Waals surface area (Å²) < 4.78 is 0. The Balaban J connectivity index is 2.04. The van der Waals surface area contributed by atoms with Crippen molar-refractivity contribution in [3.63, 3.8) is 0 Å². The van der Waals surface area contributed by atoms with Crippen molar-refractivity contribution in [1.82, 2.24) is 9.88 Å². The van der Waals surface area contributed by atoms with E-state index in [1.807, 2.05) is 37.3 Å². The number of rotatable bonds is 7. The van der Waals surface area contributed by atoms with Crippen LogP contribution in [0.3, 0.4) is 0 Å². The van der Waals surface area contributed by atoms with Gasteiger partial charge in [0.25, 0.3) is 0 Å². The minimum absolute atomic E-state index is 0.0898. The molecule has 2 aromatic carbocycles. The van der Waals surface area contributed by atoms with E-state index in [1.165, 1.54) is 4.90 Å². The highest BCUT2D eigenvalue weighted by atomic mass is 35.5. The molecule has 5 nitrogen and oxygen atoms in total. The summed E-state index contributed by atoms with van der Waals surface area (Å²) in [7, 11) is 0. The molecule has 0 fully saturated rings. The molecule has 6 heteroatoms. The Labute approximate surface area is 168 Å². The number of hydrogen-bond acceptors (Lipinski definition) is 3. The zero-order chi connectivity index (χ0) is 20.3. The number of aromatic nitrogens is 1. The molecule has 0 bridgehead atoms. The quantitative estimate of drug-likeness (QED) is 0.489. The van der Waals surface area contributed by atoms with Crippen molar-refractivity contribution in [3.05, 3.63) is 77.1 Å². The van der Waals surface area contributed by atoms with Gasteiger partial charge in [-0.3, -0.25) is 14.6 Å². The molecule has 3 rings (SSSR count). The summed E-state index contributed by atoms with van der Waals surface area (Å²) in [5, 5.41) is 2.65. The first kappa shape index (κ1) is 19.6. The molecule has 0 spiro atoms. The molecule has 2 N–H and O–H groups in total. The molecular formula is C22H20ClN3O2. The van der Waals surface area contributed by atoms with Gasteiger partial charge in [0, 0.05) is 30.1 Å². The molecule has 3 aromatic rings. The van der Waals surface area contributed by atoms with Crippen LogP contribution >= 0.6 is 11.6 Å². The average molecular weight is 394 g/mol. The fourth-order valence-corrected chi connectivity index (χ4v) is 3.28. The van der Waals surface area contributed by atoms with Crippen molar-refractivity contribution >= 4 is 34.7 Å². The van der Waals surface area contributed by atoms with Crippen LogP contribution in [0.25, 0.3) is 21.9 Å². The second-order valence-electron chi connectivity index (χ2n) is 6.67. The Morgan fingerprint density at radius 3 is 2.64 bits per heavy atom. The third-order valence-electron chi connectivity index (χ3n) is 4.66. The number of carbonyl (C=O) groups excluding carboxylic acids is 2. The molecule has 28 heavy (non-hydrogen) atoms. The van der Waals surface area contributed by atoms with E-state index in [9.17, 15) is 9.59 Å². The zero-order valence-corrected chi connectivity index (χ0v) is 16.2. The number of carbonyl (C=O) groups is 2. The maximum atomic E-state index is 11.6. The van der Waals surface area contributed by atoms with Crippen LogP contribution in [0.1, 0.15) is 11.1 Å². The fourth-order valence-electron chi connectivity index (χ4n) is 3.11. The Morgan fingerprint density at radius 2 is 1.96 bits per heavy atom. The number of amides is 2. The summed E-state index contributed by atoms with van der Waals surface area (Å²) in [5.41, 5.74) is 9.38. The van der Waals surface area contributed by atoms with Crippen LogP contribution in [0.5, 0.6) is 0 Å². The predicted octanol–water partition coefficient (Wildman–Crippen LogP) is 3.86. The molecule has 0 radical (unpaired) electrons. The van der Waals surface area contributed by atoms with E-state index in [4.69, 9.17) is 17.3 Å². The van der Waals surface area contributed by atoms with Gasteiger partial charge in [-0.05, 0) is 46.5 Å². The predicted molar refractivity (Wildman–Crippen MR) is 112 cm³/mol. The third-order valence-corrected chi connectivity index (χ3v) is 4.86. The van der Waals surface area contributed by atoms with Gasteiger partial charge in [0.2, 0.25) is 12.3 Å². The lowest BCUT2D eigenvalue weighted by Gasteiger charge is -2.20. The Hall–Kier alpha value is -3.18. The fraction of sp³-hybridized carbons (Fsp3) is 0.136. The number of benzene rings is 2. The van der Waals surface area contributed by atoms with Crippen LogP contribution < -0.4 is 5.73 Å². The Kier molecular flexibility index (Phi) is 5.76. The van der Waals surface area contributed by atoms with Gasteiger partial charge in [-0.25, -0.2) is 0 Å². The van der Waals surface area contributed by atoms with E-state index in [2.05, 4.69) is 17.6 Å². The summed E-state index contributed by atoms with van der Waals surface area (Å²) in [6, 6.07) is 12.0. The van der Waals surface area contributed by atoms with Gasteiger partial charge in [0.15, 0.2) is 0 Å². The SMILES string of the molecule is C=C(CN(C=O)Cc1c(C)ccc2ccc(-c3cncc(Cl)c3)cc12)C(N)=O. The summed E-state index contributed by atoms with van der Waals surface area (Å²) in [6.45, 7) is 6.06. The number of hydrogen-bond donors (Lipinski definition) is 1. The van der Waals surface area contributed by atoms with Gasteiger partial charge in [0.1, 0.15) is 0 Å². The molecule has 0 aliphatic carbocycles. The average Bonchev–Trinajstić information content (AvgIpc) is 2.68. The van der Waals surface area contributed by atoms with Gasteiger partial charge in [-0.2, -0.15) is 0 Å². The van der Waals surface area contributed by atoms with Crippen LogP contribution in [-0.2, 0) is 16.1 Å². The number of fused-ring (bicyclic) bond motifs is 1. The van der Waals surface area contributed by atoms with E-state index < -0.39 is 5.91 Å². The number of aryl methyl sites for hydroxylation is 1. The lowest BCUT2D eigenvalue weighted by Crippen LogP contribution is -2.29. The second kappa shape index (κ2) is 8.23. The monoisotopic (exact) mass is 393 g/mol. The topological polar surface area (TPSA) is 76.3 Å². The van der Waals surface area contributed by atoms with Crippen molar-refractivity contribution in [2.24, 2.45) is 5.73 Å². The highest BCUT2D eigenvalue weighted by Gasteiger charge is 2.13. The molecule has 0 saturated heterocycles. The number of pyridine rings is 1. The van der Waals surface area contributed by atoms with Crippen LogP contribution in [0.2, 0.25) is 5.02 Å². The first-order chi connectivity index (χ1) is 13.4. The van der Waals surface area contributed by atoms with Crippen molar-refractivity contribution in [3.8, 4) is 11.1 Å². The molecule has 2 amide bonds. The summed E-state index contributed by atoms with van der Waals surface area (Å²) in [4.78, 5) is 28.5. The van der Waals surface area contributed by atoms with Crippen molar-refractivity contribution in [2.45, 2.75) is 13.5 Å². The molecule has 142 valence electrons. The first-order valence-corrected chi connectivity index (χ1v) is 9.07. The van der Waals surface area contributed by atoms with Crippen molar-refractivity contribution in [1.29, 1.82) is 0 Å². The number of primary amides is 1. The van der Waals surface area contributed by atoms with E-state index in [0.29, 0.717) is 18.0 Å². The molecule has 0 aliphatic rings. The highest BCUT2D eigenvalue weighted by molar-refractivity contribution is 6.30. The minimum Gasteiger partial charge on any atom is -0.366 e. The summed E-state index contributed by atoms with van der Waals surface area (Å²) in [6.07, 6.45) is 4.06. The van der Waals surface area contributed by atoms with Crippen LogP contribution in [0.4, 0.5) is 0 Å². The Morgan fingerprint density at radius 1 is 1.21 bits per heavy atom. The van der Waals surface area contributed by atoms with E-state index in [1.54, 1.807) is 12.4 Å². The normalized spacial score (nSPS) is 10.6. The molecule has 0 atom stereocenters. The van der Waals surface area contributed by atoms with Crippen molar-refractivity contribution in [2.75, 3.05) is 6.54 Å². The van der Waals surface area contributed by atoms with Gasteiger partial charge in [-0.15, -0.1) is 0 Å². The third kappa shape index (κ3) is 4.21. The van der Waals surface area contributed by atoms with E-state index in [-0.39, 0.29) is 12.1 Å². The van der Waals surface area contributed by atoms with Crippen LogP contribution in [0, 0.1) is 6.92 Å². The Bertz CT molecular complexity index is 1080. The standard InChI is InChI=1S/C22H20ClN3O2/c1-14-3-4-16-5-6-17(18-7-19(23)10-25-9-18)8-20(16)21(14)12-26(13-27)11-15(2)22(24)28/h3-10,13H,2,11-12H2,1H3,(H2,24,28). The van der Waals surface area contributed by atoms with Gasteiger partial charge >= 0.3 is 0 Å². The second-order valence-corrected chi connectivity index (χ2v) is 7.10. The lowest BCUT2D eigenvalue weighted by atomic mass is 9.95. The largest absolute Gasteiger partial charge is 0.366 e. The smallest absolute Gasteiger partial charge is 0.245 e. The summed E-state index contributed by atoms with van der Waals surface area (Å²) in [5.74, 6) is -0.614. The van der Waals surface area contributed by atoms with E-state index >= 15 is 0 Å². The molecule has 1 aromatic heterocycles. The minimum atomic E-state index is -0.614. The zero-order valence-electron chi connectivity index (χ0n) is 15.5. The molecule has 0 aliphatic heterocycles. The molecule has 0 unspecified atom stereocenters. The number of nitrogens with two attached hydrogens (primary N) is 1. The van der Waals surface area contributed by atoms with Gasteiger partial charge in [-0.1, -0.05) is 42.4 Å². The van der Waals surface area contributed by atoms with Crippen molar-refractivity contribution < 1.29 is 9.59 Å².